The third-order valence-electron chi connectivity index (χ3n) is 2.27. The molecule has 1 aromatic carbocycles. The van der Waals surface area contributed by atoms with Gasteiger partial charge in [-0.1, -0.05) is 30.3 Å². The van der Waals surface area contributed by atoms with Crippen LogP contribution in [0.4, 0.5) is 0 Å². The summed E-state index contributed by atoms with van der Waals surface area (Å²) in [5.41, 5.74) is 6.58. The molecular formula is C10H11ClN2O. The quantitative estimate of drug-likeness (QED) is 0.688. The van der Waals surface area contributed by atoms with Crippen LogP contribution >= 0.6 is 11.6 Å². The van der Waals surface area contributed by atoms with E-state index >= 15 is 0 Å². The lowest BCUT2D eigenvalue weighted by molar-refractivity contribution is -0.124. The predicted molar refractivity (Wildman–Crippen MR) is 54.7 cm³/mol. The molecule has 2 N–H and O–H groups in total. The number of halogens is 1. The molecule has 0 radical (unpaired) electrons. The van der Waals surface area contributed by atoms with E-state index in [2.05, 4.69) is 10.9 Å². The lowest BCUT2D eigenvalue weighted by Gasteiger charge is -2.28. The second kappa shape index (κ2) is 3.98. The van der Waals surface area contributed by atoms with Gasteiger partial charge in [0.1, 0.15) is 0 Å². The number of hydrazine groups is 1. The summed E-state index contributed by atoms with van der Waals surface area (Å²) >= 11 is 6.09. The van der Waals surface area contributed by atoms with E-state index in [-0.39, 0.29) is 17.3 Å². The lowest BCUT2D eigenvalue weighted by Crippen LogP contribution is -2.49. The molecule has 4 heteroatoms. The number of hydrogen-bond donors (Lipinski definition) is 2. The Kier molecular flexibility index (Phi) is 2.70. The van der Waals surface area contributed by atoms with Gasteiger partial charge in [-0.15, -0.1) is 11.6 Å². The minimum atomic E-state index is -0.189. The van der Waals surface area contributed by atoms with Crippen molar-refractivity contribution in [1.82, 2.24) is 10.9 Å². The van der Waals surface area contributed by atoms with Crippen LogP contribution in [0.2, 0.25) is 0 Å². The molecule has 0 bridgehead atoms. The molecule has 0 spiro atoms. The Bertz CT molecular complexity index is 328. The first kappa shape index (κ1) is 9.49. The minimum absolute atomic E-state index is 0.00410. The summed E-state index contributed by atoms with van der Waals surface area (Å²) in [7, 11) is 0. The van der Waals surface area contributed by atoms with Gasteiger partial charge in [0.2, 0.25) is 5.91 Å². The first-order valence-electron chi connectivity index (χ1n) is 4.51. The van der Waals surface area contributed by atoms with Gasteiger partial charge in [-0.2, -0.15) is 0 Å². The van der Waals surface area contributed by atoms with Crippen molar-refractivity contribution in [2.75, 3.05) is 0 Å². The third kappa shape index (κ3) is 1.89. The molecule has 0 saturated carbocycles. The topological polar surface area (TPSA) is 41.1 Å². The van der Waals surface area contributed by atoms with Gasteiger partial charge >= 0.3 is 0 Å². The summed E-state index contributed by atoms with van der Waals surface area (Å²) in [4.78, 5) is 11.0. The van der Waals surface area contributed by atoms with Crippen molar-refractivity contribution in [2.45, 2.75) is 17.8 Å². The summed E-state index contributed by atoms with van der Waals surface area (Å²) in [5.74, 6) is -0.0582. The van der Waals surface area contributed by atoms with E-state index in [4.69, 9.17) is 11.6 Å². The van der Waals surface area contributed by atoms with E-state index in [0.717, 1.165) is 5.56 Å². The van der Waals surface area contributed by atoms with E-state index < -0.39 is 0 Å². The van der Waals surface area contributed by atoms with E-state index in [1.54, 1.807) is 0 Å². The number of nitrogens with one attached hydrogen (secondary N) is 2. The maximum atomic E-state index is 11.0. The molecule has 1 heterocycles. The number of hydrogen-bond acceptors (Lipinski definition) is 2. The number of rotatable bonds is 1. The summed E-state index contributed by atoms with van der Waals surface area (Å²) in [6.07, 6.45) is 0.355. The van der Waals surface area contributed by atoms with Crippen molar-refractivity contribution in [2.24, 2.45) is 0 Å². The molecule has 14 heavy (non-hydrogen) atoms. The molecule has 2 atom stereocenters. The lowest BCUT2D eigenvalue weighted by atomic mass is 10.0. The summed E-state index contributed by atoms with van der Waals surface area (Å²) in [5, 5.41) is -0.189. The van der Waals surface area contributed by atoms with E-state index in [1.165, 1.54) is 0 Å². The molecule has 0 aliphatic carbocycles. The van der Waals surface area contributed by atoms with Crippen molar-refractivity contribution in [1.29, 1.82) is 0 Å². The average molecular weight is 211 g/mol. The SMILES string of the molecule is O=C1CC(Cl)C(c2ccccc2)NN1. The van der Waals surface area contributed by atoms with Gasteiger partial charge in [0, 0.05) is 6.42 Å². The van der Waals surface area contributed by atoms with Crippen molar-refractivity contribution in [3.05, 3.63) is 35.9 Å². The number of amides is 1. The number of alkyl halides is 1. The van der Waals surface area contributed by atoms with Crippen LogP contribution in [0.5, 0.6) is 0 Å². The summed E-state index contributed by atoms with van der Waals surface area (Å²) in [6, 6.07) is 9.84. The fourth-order valence-electron chi connectivity index (χ4n) is 1.55. The van der Waals surface area contributed by atoms with Crippen molar-refractivity contribution in [3.8, 4) is 0 Å². The fourth-order valence-corrected chi connectivity index (χ4v) is 1.90. The Hall–Kier alpha value is -1.06. The van der Waals surface area contributed by atoms with Crippen LogP contribution in [0.15, 0.2) is 30.3 Å². The monoisotopic (exact) mass is 210 g/mol. The first-order valence-corrected chi connectivity index (χ1v) is 4.94. The van der Waals surface area contributed by atoms with Crippen LogP contribution in [0.3, 0.4) is 0 Å². The van der Waals surface area contributed by atoms with Crippen molar-refractivity contribution in [3.63, 3.8) is 0 Å². The second-order valence-corrected chi connectivity index (χ2v) is 3.86. The van der Waals surface area contributed by atoms with Crippen LogP contribution in [-0.2, 0) is 4.79 Å². The maximum Gasteiger partial charge on any atom is 0.235 e. The van der Waals surface area contributed by atoms with Crippen LogP contribution < -0.4 is 10.9 Å². The smallest absolute Gasteiger partial charge is 0.235 e. The van der Waals surface area contributed by atoms with Crippen LogP contribution in [-0.4, -0.2) is 11.3 Å². The van der Waals surface area contributed by atoms with Gasteiger partial charge in [0.15, 0.2) is 0 Å². The minimum Gasteiger partial charge on any atom is -0.291 e. The molecule has 2 unspecified atom stereocenters. The Morgan fingerprint density at radius 2 is 2.00 bits per heavy atom. The van der Waals surface area contributed by atoms with Gasteiger partial charge in [-0.05, 0) is 5.56 Å². The molecule has 1 aliphatic heterocycles. The highest BCUT2D eigenvalue weighted by atomic mass is 35.5. The van der Waals surface area contributed by atoms with E-state index in [1.807, 2.05) is 30.3 Å². The van der Waals surface area contributed by atoms with Gasteiger partial charge in [-0.3, -0.25) is 10.2 Å². The molecule has 1 aliphatic rings. The molecule has 1 fully saturated rings. The molecule has 1 aromatic rings. The average Bonchev–Trinajstić information content (AvgIpc) is 2.19. The third-order valence-corrected chi connectivity index (χ3v) is 2.67. The molecule has 3 nitrogen and oxygen atoms in total. The molecule has 1 amide bonds. The van der Waals surface area contributed by atoms with Gasteiger partial charge in [-0.25, -0.2) is 5.43 Å². The molecular weight excluding hydrogens is 200 g/mol. The highest BCUT2D eigenvalue weighted by molar-refractivity contribution is 6.22. The van der Waals surface area contributed by atoms with Crippen molar-refractivity contribution < 1.29 is 4.79 Å². The maximum absolute atomic E-state index is 11.0. The highest BCUT2D eigenvalue weighted by Gasteiger charge is 2.27. The Morgan fingerprint density at radius 1 is 1.29 bits per heavy atom. The molecule has 2 rings (SSSR count). The zero-order valence-electron chi connectivity index (χ0n) is 7.53. The Balaban J connectivity index is 2.16. The van der Waals surface area contributed by atoms with Crippen LogP contribution in [0.1, 0.15) is 18.0 Å². The normalized spacial score (nSPS) is 27.1. The fraction of sp³-hybridized carbons (Fsp3) is 0.300. The van der Waals surface area contributed by atoms with Crippen LogP contribution in [0, 0.1) is 0 Å². The Labute approximate surface area is 87.4 Å². The largest absolute Gasteiger partial charge is 0.291 e. The molecule has 74 valence electrons. The van der Waals surface area contributed by atoms with Crippen molar-refractivity contribution >= 4 is 17.5 Å². The number of carbonyl (C=O) groups excluding carboxylic acids is 1. The number of carbonyl (C=O) groups is 1. The van der Waals surface area contributed by atoms with Crippen LogP contribution in [0.25, 0.3) is 0 Å². The zero-order chi connectivity index (χ0) is 9.97. The predicted octanol–water partition coefficient (Wildman–Crippen LogP) is 1.36. The van der Waals surface area contributed by atoms with E-state index in [9.17, 15) is 4.79 Å². The standard InChI is InChI=1S/C10H11ClN2O/c11-8-6-9(14)12-13-10(8)7-4-2-1-3-5-7/h1-5,8,10,13H,6H2,(H,12,14). The Morgan fingerprint density at radius 3 is 2.64 bits per heavy atom. The van der Waals surface area contributed by atoms with Gasteiger partial charge < -0.3 is 0 Å². The summed E-state index contributed by atoms with van der Waals surface area (Å²) in [6.45, 7) is 0. The van der Waals surface area contributed by atoms with Gasteiger partial charge in [0.25, 0.3) is 0 Å². The highest BCUT2D eigenvalue weighted by Crippen LogP contribution is 2.24. The van der Waals surface area contributed by atoms with E-state index in [0.29, 0.717) is 6.42 Å². The first-order chi connectivity index (χ1) is 6.77. The molecule has 0 aromatic heterocycles. The van der Waals surface area contributed by atoms with Gasteiger partial charge in [0.05, 0.1) is 11.4 Å². The zero-order valence-corrected chi connectivity index (χ0v) is 8.29. The summed E-state index contributed by atoms with van der Waals surface area (Å²) < 4.78 is 0. The second-order valence-electron chi connectivity index (χ2n) is 3.30. The number of benzene rings is 1. The molecule has 1 saturated heterocycles.